The highest BCUT2D eigenvalue weighted by atomic mass is 31.2. The minimum Gasteiger partial charge on any atom is -0.416 e. The van der Waals surface area contributed by atoms with Gasteiger partial charge in [-0.3, -0.25) is 0 Å². The van der Waals surface area contributed by atoms with E-state index in [0.29, 0.717) is 11.5 Å². The van der Waals surface area contributed by atoms with Crippen molar-refractivity contribution in [2.24, 2.45) is 5.16 Å². The Morgan fingerprint density at radius 2 is 1.36 bits per heavy atom. The number of oxime groups is 1. The number of hydrogen-bond acceptors (Lipinski definition) is 5. The average molecular weight is 319 g/mol. The van der Waals surface area contributed by atoms with Gasteiger partial charge in [-0.05, 0) is 38.1 Å². The fourth-order valence-corrected chi connectivity index (χ4v) is 3.09. The van der Waals surface area contributed by atoms with Gasteiger partial charge in [0, 0.05) is 0 Å². The Balaban J connectivity index is 2.20. The van der Waals surface area contributed by atoms with Crippen molar-refractivity contribution >= 4 is 13.8 Å². The predicted octanol–water partition coefficient (Wildman–Crippen LogP) is 4.41. The third-order valence-corrected chi connectivity index (χ3v) is 4.51. The third kappa shape index (κ3) is 4.64. The van der Waals surface area contributed by atoms with Crippen LogP contribution in [0.25, 0.3) is 0 Å². The van der Waals surface area contributed by atoms with Crippen LogP contribution < -0.4 is 9.05 Å². The zero-order chi connectivity index (χ0) is 16.0. The lowest BCUT2D eigenvalue weighted by Gasteiger charge is -2.18. The van der Waals surface area contributed by atoms with Crippen LogP contribution in [0.3, 0.4) is 0 Å². The van der Waals surface area contributed by atoms with E-state index in [1.54, 1.807) is 24.3 Å². The lowest BCUT2D eigenvalue weighted by molar-refractivity contribution is 0.320. The van der Waals surface area contributed by atoms with Crippen LogP contribution >= 0.6 is 7.60 Å². The number of nitrogens with zero attached hydrogens (tertiary/aromatic N) is 1. The maximum Gasteiger partial charge on any atom is 0.436 e. The topological polar surface area (TPSA) is 68.1 Å². The van der Waals surface area contributed by atoms with Gasteiger partial charge in [0.15, 0.2) is 0 Å². The largest absolute Gasteiger partial charge is 0.436 e. The van der Waals surface area contributed by atoms with Crippen molar-refractivity contribution in [1.82, 2.24) is 0 Å². The molecule has 0 radical (unpaired) electrons. The van der Waals surface area contributed by atoms with Crippen LogP contribution in [0.15, 0.2) is 53.7 Å². The van der Waals surface area contributed by atoms with Crippen molar-refractivity contribution in [2.45, 2.75) is 13.8 Å². The summed E-state index contributed by atoms with van der Waals surface area (Å²) in [6.45, 7) is 3.90. The van der Waals surface area contributed by atoms with Gasteiger partial charge < -0.3 is 14.3 Å². The molecule has 0 aromatic heterocycles. The van der Waals surface area contributed by atoms with E-state index in [-0.39, 0.29) is 6.16 Å². The number of rotatable bonds is 6. The molecule has 0 fully saturated rings. The van der Waals surface area contributed by atoms with Crippen molar-refractivity contribution in [2.75, 3.05) is 6.16 Å². The van der Waals surface area contributed by atoms with Gasteiger partial charge in [-0.15, -0.1) is 5.16 Å². The SMILES string of the molecule is Cc1ccc(OP(=O)(CC=NO)Oc2ccc(C)cc2)cc1. The molecule has 0 unspecified atom stereocenters. The molecule has 0 heterocycles. The number of benzene rings is 2. The van der Waals surface area contributed by atoms with Gasteiger partial charge in [0.05, 0.1) is 6.21 Å². The van der Waals surface area contributed by atoms with Crippen LogP contribution in [-0.4, -0.2) is 17.6 Å². The zero-order valence-electron chi connectivity index (χ0n) is 12.5. The Bertz CT molecular complexity index is 629. The number of aryl methyl sites for hydroxylation is 2. The van der Waals surface area contributed by atoms with Crippen LogP contribution in [0.4, 0.5) is 0 Å². The van der Waals surface area contributed by atoms with Crippen LogP contribution in [0.1, 0.15) is 11.1 Å². The second-order valence-corrected chi connectivity index (χ2v) is 6.85. The molecule has 0 bridgehead atoms. The first-order valence-electron chi connectivity index (χ1n) is 6.78. The minimum absolute atomic E-state index is 0.134. The molecule has 0 aliphatic rings. The van der Waals surface area contributed by atoms with Gasteiger partial charge in [-0.25, -0.2) is 4.57 Å². The molecule has 0 aliphatic heterocycles. The summed E-state index contributed by atoms with van der Waals surface area (Å²) in [5.41, 5.74) is 2.14. The van der Waals surface area contributed by atoms with Crippen molar-refractivity contribution in [3.8, 4) is 11.5 Å². The minimum atomic E-state index is -3.52. The molecule has 0 amide bonds. The second-order valence-electron chi connectivity index (χ2n) is 4.90. The summed E-state index contributed by atoms with van der Waals surface area (Å²) in [5, 5.41) is 11.4. The molecule has 6 heteroatoms. The summed E-state index contributed by atoms with van der Waals surface area (Å²) in [6.07, 6.45) is 0.967. The second kappa shape index (κ2) is 7.14. The normalized spacial score (nSPS) is 11.5. The molecule has 0 spiro atoms. The smallest absolute Gasteiger partial charge is 0.416 e. The molecule has 0 aliphatic carbocycles. The standard InChI is InChI=1S/C16H18NO4P/c1-13-3-7-15(8-4-13)20-22(19,12-11-17-18)21-16-9-5-14(2)6-10-16/h3-11,18H,12H2,1-2H3. The molecule has 22 heavy (non-hydrogen) atoms. The molecule has 5 nitrogen and oxygen atoms in total. The molecule has 0 saturated heterocycles. The van der Waals surface area contributed by atoms with Gasteiger partial charge in [0.2, 0.25) is 0 Å². The first-order chi connectivity index (χ1) is 10.5. The van der Waals surface area contributed by atoms with Gasteiger partial charge >= 0.3 is 7.60 Å². The van der Waals surface area contributed by atoms with E-state index < -0.39 is 7.60 Å². The Morgan fingerprint density at radius 1 is 0.955 bits per heavy atom. The highest BCUT2D eigenvalue weighted by Gasteiger charge is 2.27. The Morgan fingerprint density at radius 3 is 1.73 bits per heavy atom. The van der Waals surface area contributed by atoms with E-state index in [2.05, 4.69) is 5.16 Å². The summed E-state index contributed by atoms with van der Waals surface area (Å²) in [6, 6.07) is 14.3. The highest BCUT2D eigenvalue weighted by molar-refractivity contribution is 7.55. The number of hydrogen-bond donors (Lipinski definition) is 1. The third-order valence-electron chi connectivity index (χ3n) is 2.92. The van der Waals surface area contributed by atoms with E-state index in [4.69, 9.17) is 14.3 Å². The summed E-state index contributed by atoms with van der Waals surface area (Å²) < 4.78 is 23.9. The summed E-state index contributed by atoms with van der Waals surface area (Å²) >= 11 is 0. The first kappa shape index (κ1) is 16.1. The zero-order valence-corrected chi connectivity index (χ0v) is 13.4. The van der Waals surface area contributed by atoms with Crippen molar-refractivity contribution in [1.29, 1.82) is 0 Å². The Hall–Kier alpha value is -2.26. The predicted molar refractivity (Wildman–Crippen MR) is 86.4 cm³/mol. The summed E-state index contributed by atoms with van der Waals surface area (Å²) in [4.78, 5) is 0. The molecule has 2 rings (SSSR count). The molecule has 2 aromatic carbocycles. The van der Waals surface area contributed by atoms with E-state index >= 15 is 0 Å². The van der Waals surface area contributed by atoms with Gasteiger partial charge in [-0.2, -0.15) is 0 Å². The molecular formula is C16H18NO4P. The van der Waals surface area contributed by atoms with Crippen molar-refractivity contribution in [3.05, 3.63) is 59.7 Å². The van der Waals surface area contributed by atoms with E-state index in [9.17, 15) is 4.57 Å². The van der Waals surface area contributed by atoms with Gasteiger partial charge in [0.25, 0.3) is 0 Å². The summed E-state index contributed by atoms with van der Waals surface area (Å²) in [5.74, 6) is 0.875. The van der Waals surface area contributed by atoms with Crippen LogP contribution in [0.5, 0.6) is 11.5 Å². The van der Waals surface area contributed by atoms with Gasteiger partial charge in [0.1, 0.15) is 17.7 Å². The van der Waals surface area contributed by atoms with Crippen LogP contribution in [-0.2, 0) is 4.57 Å². The molecule has 0 atom stereocenters. The fourth-order valence-electron chi connectivity index (χ4n) is 1.75. The Kier molecular flexibility index (Phi) is 5.23. The quantitative estimate of drug-likeness (QED) is 0.370. The maximum atomic E-state index is 12.8. The highest BCUT2D eigenvalue weighted by Crippen LogP contribution is 2.47. The first-order valence-corrected chi connectivity index (χ1v) is 8.51. The average Bonchev–Trinajstić information content (AvgIpc) is 2.50. The molecular weight excluding hydrogens is 301 g/mol. The van der Waals surface area contributed by atoms with Gasteiger partial charge in [-0.1, -0.05) is 35.4 Å². The molecule has 116 valence electrons. The molecule has 0 saturated carbocycles. The fraction of sp³-hybridized carbons (Fsp3) is 0.188. The molecule has 2 aromatic rings. The van der Waals surface area contributed by atoms with E-state index in [1.165, 1.54) is 0 Å². The van der Waals surface area contributed by atoms with Crippen LogP contribution in [0, 0.1) is 13.8 Å². The lowest BCUT2D eigenvalue weighted by atomic mass is 10.2. The monoisotopic (exact) mass is 319 g/mol. The Labute approximate surface area is 129 Å². The van der Waals surface area contributed by atoms with E-state index in [1.807, 2.05) is 38.1 Å². The summed E-state index contributed by atoms with van der Waals surface area (Å²) in [7, 11) is -3.52. The van der Waals surface area contributed by atoms with Crippen molar-refractivity contribution in [3.63, 3.8) is 0 Å². The lowest BCUT2D eigenvalue weighted by Crippen LogP contribution is -2.06. The maximum absolute atomic E-state index is 12.8. The van der Waals surface area contributed by atoms with Crippen molar-refractivity contribution < 1.29 is 18.8 Å². The molecule has 1 N–H and O–H groups in total. The van der Waals surface area contributed by atoms with E-state index in [0.717, 1.165) is 17.3 Å². The van der Waals surface area contributed by atoms with Crippen LogP contribution in [0.2, 0.25) is 0 Å².